The molecule has 0 radical (unpaired) electrons. The van der Waals surface area contributed by atoms with Gasteiger partial charge in [-0.15, -0.1) is 0 Å². The van der Waals surface area contributed by atoms with Crippen LogP contribution in [-0.4, -0.2) is 34.2 Å². The second-order valence-electron chi connectivity index (χ2n) is 6.07. The van der Waals surface area contributed by atoms with Crippen LogP contribution in [-0.2, 0) is 16.0 Å². The maximum Gasteiger partial charge on any atom is 0.334 e. The molecule has 2 atom stereocenters. The average Bonchev–Trinajstić information content (AvgIpc) is 2.48. The first-order chi connectivity index (χ1) is 10.5. The van der Waals surface area contributed by atoms with Crippen LogP contribution in [0.2, 0.25) is 0 Å². The number of nitrogens with one attached hydrogen (secondary N) is 1. The fraction of sp³-hybridized carbons (Fsp3) is 0.529. The molecule has 1 saturated carbocycles. The molecule has 1 aromatic carbocycles. The van der Waals surface area contributed by atoms with Crippen molar-refractivity contribution < 1.29 is 19.8 Å². The molecule has 0 heterocycles. The topological polar surface area (TPSA) is 86.6 Å². The zero-order valence-electron chi connectivity index (χ0n) is 12.8. The van der Waals surface area contributed by atoms with E-state index in [9.17, 15) is 14.7 Å². The molecule has 5 nitrogen and oxygen atoms in total. The van der Waals surface area contributed by atoms with Crippen molar-refractivity contribution in [2.75, 3.05) is 0 Å². The van der Waals surface area contributed by atoms with Crippen LogP contribution in [0.1, 0.15) is 38.2 Å². The van der Waals surface area contributed by atoms with Crippen LogP contribution in [0, 0.1) is 5.41 Å². The number of carboxylic acid groups (broad SMARTS) is 1. The Morgan fingerprint density at radius 3 is 2.36 bits per heavy atom. The molecule has 2 unspecified atom stereocenters. The number of benzene rings is 1. The van der Waals surface area contributed by atoms with E-state index in [1.54, 1.807) is 6.92 Å². The van der Waals surface area contributed by atoms with Gasteiger partial charge in [-0.25, -0.2) is 4.79 Å². The number of carboxylic acids is 1. The maximum absolute atomic E-state index is 12.6. The molecule has 1 aromatic rings. The zero-order valence-corrected chi connectivity index (χ0v) is 12.8. The van der Waals surface area contributed by atoms with Gasteiger partial charge in [-0.3, -0.25) is 4.79 Å². The lowest BCUT2D eigenvalue weighted by Gasteiger charge is -2.41. The summed E-state index contributed by atoms with van der Waals surface area (Å²) in [6.45, 7) is 1.75. The van der Waals surface area contributed by atoms with E-state index >= 15 is 0 Å². The Hall–Kier alpha value is -1.88. The van der Waals surface area contributed by atoms with Gasteiger partial charge in [-0.2, -0.15) is 0 Å². The van der Waals surface area contributed by atoms with Gasteiger partial charge in [0.05, 0.1) is 11.5 Å². The molecular formula is C17H23NO4. The standard InChI is InChI=1S/C17H23NO4/c1-2-13(14(19)15(20)21)18-16(22)17(9-6-10-17)11-12-7-4-3-5-8-12/h3-5,7-8,13-14,19H,2,6,9-11H2,1H3,(H,18,22)(H,20,21). The minimum absolute atomic E-state index is 0.144. The zero-order chi connectivity index (χ0) is 16.2. The molecule has 1 aliphatic rings. The number of aliphatic carboxylic acids is 1. The van der Waals surface area contributed by atoms with E-state index in [1.807, 2.05) is 30.3 Å². The summed E-state index contributed by atoms with van der Waals surface area (Å²) in [5, 5.41) is 21.3. The van der Waals surface area contributed by atoms with Crippen LogP contribution >= 0.6 is 0 Å². The Kier molecular flexibility index (Phi) is 5.19. The summed E-state index contributed by atoms with van der Waals surface area (Å²) >= 11 is 0. The number of rotatable bonds is 7. The SMILES string of the molecule is CCC(NC(=O)C1(Cc2ccccc2)CCC1)C(O)C(=O)O. The molecule has 22 heavy (non-hydrogen) atoms. The van der Waals surface area contributed by atoms with E-state index < -0.39 is 23.5 Å². The van der Waals surface area contributed by atoms with Crippen molar-refractivity contribution in [3.05, 3.63) is 35.9 Å². The lowest BCUT2D eigenvalue weighted by atomic mass is 9.64. The van der Waals surface area contributed by atoms with Gasteiger partial charge in [0, 0.05) is 0 Å². The summed E-state index contributed by atoms with van der Waals surface area (Å²) in [4.78, 5) is 23.5. The van der Waals surface area contributed by atoms with Crippen molar-refractivity contribution in [2.24, 2.45) is 5.41 Å². The highest BCUT2D eigenvalue weighted by Crippen LogP contribution is 2.44. The van der Waals surface area contributed by atoms with Crippen molar-refractivity contribution in [3.8, 4) is 0 Å². The Balaban J connectivity index is 2.06. The number of aliphatic hydroxyl groups excluding tert-OH is 1. The van der Waals surface area contributed by atoms with E-state index in [0.29, 0.717) is 12.8 Å². The number of carbonyl (C=O) groups excluding carboxylic acids is 1. The van der Waals surface area contributed by atoms with E-state index in [0.717, 1.165) is 24.8 Å². The highest BCUT2D eigenvalue weighted by Gasteiger charge is 2.45. The summed E-state index contributed by atoms with van der Waals surface area (Å²) in [6.07, 6.45) is 2.06. The van der Waals surface area contributed by atoms with Gasteiger partial charge < -0.3 is 15.5 Å². The second-order valence-corrected chi connectivity index (χ2v) is 6.07. The van der Waals surface area contributed by atoms with Crippen LogP contribution in [0.4, 0.5) is 0 Å². The van der Waals surface area contributed by atoms with Crippen LogP contribution in [0.5, 0.6) is 0 Å². The summed E-state index contributed by atoms with van der Waals surface area (Å²) in [5.74, 6) is -1.45. The largest absolute Gasteiger partial charge is 0.479 e. The molecule has 0 bridgehead atoms. The van der Waals surface area contributed by atoms with Crippen LogP contribution in [0.3, 0.4) is 0 Å². The minimum atomic E-state index is -1.57. The normalized spacial score (nSPS) is 18.8. The van der Waals surface area contributed by atoms with Crippen molar-refractivity contribution in [3.63, 3.8) is 0 Å². The quantitative estimate of drug-likeness (QED) is 0.716. The average molecular weight is 305 g/mol. The number of carbonyl (C=O) groups is 2. The minimum Gasteiger partial charge on any atom is -0.479 e. The first-order valence-electron chi connectivity index (χ1n) is 7.74. The lowest BCUT2D eigenvalue weighted by molar-refractivity contribution is -0.149. The summed E-state index contributed by atoms with van der Waals surface area (Å²) in [5.41, 5.74) is 0.636. The maximum atomic E-state index is 12.6. The van der Waals surface area contributed by atoms with Gasteiger partial charge in [0.15, 0.2) is 6.10 Å². The van der Waals surface area contributed by atoms with E-state index in [4.69, 9.17) is 5.11 Å². The molecule has 1 fully saturated rings. The first kappa shape index (κ1) is 16.5. The first-order valence-corrected chi connectivity index (χ1v) is 7.74. The predicted octanol–water partition coefficient (Wildman–Crippen LogP) is 1.74. The fourth-order valence-corrected chi connectivity index (χ4v) is 2.97. The smallest absolute Gasteiger partial charge is 0.334 e. The van der Waals surface area contributed by atoms with E-state index in [1.165, 1.54) is 0 Å². The summed E-state index contributed by atoms with van der Waals surface area (Å²) in [6, 6.07) is 9.07. The van der Waals surface area contributed by atoms with E-state index in [2.05, 4.69) is 5.32 Å². The molecule has 0 saturated heterocycles. The predicted molar refractivity (Wildman–Crippen MR) is 82.3 cm³/mol. The second kappa shape index (κ2) is 6.92. The fourth-order valence-electron chi connectivity index (χ4n) is 2.97. The molecule has 5 heteroatoms. The number of aliphatic hydroxyl groups is 1. The van der Waals surface area contributed by atoms with Gasteiger partial charge in [0.1, 0.15) is 0 Å². The van der Waals surface area contributed by atoms with Crippen molar-refractivity contribution in [1.29, 1.82) is 0 Å². The van der Waals surface area contributed by atoms with Gasteiger partial charge in [0.25, 0.3) is 0 Å². The third-order valence-electron chi connectivity index (χ3n) is 4.57. The molecule has 1 aliphatic carbocycles. The Morgan fingerprint density at radius 1 is 1.27 bits per heavy atom. The van der Waals surface area contributed by atoms with Crippen molar-refractivity contribution >= 4 is 11.9 Å². The lowest BCUT2D eigenvalue weighted by Crippen LogP contribution is -2.54. The number of amides is 1. The van der Waals surface area contributed by atoms with Crippen molar-refractivity contribution in [1.82, 2.24) is 5.32 Å². The van der Waals surface area contributed by atoms with Gasteiger partial charge >= 0.3 is 5.97 Å². The third-order valence-corrected chi connectivity index (χ3v) is 4.57. The van der Waals surface area contributed by atoms with Gasteiger partial charge in [0.2, 0.25) is 5.91 Å². The van der Waals surface area contributed by atoms with Crippen molar-refractivity contribution in [2.45, 2.75) is 51.2 Å². The Bertz CT molecular complexity index is 525. The molecule has 0 spiro atoms. The highest BCUT2D eigenvalue weighted by molar-refractivity contribution is 5.85. The van der Waals surface area contributed by atoms with Crippen LogP contribution in [0.15, 0.2) is 30.3 Å². The highest BCUT2D eigenvalue weighted by atomic mass is 16.4. The Morgan fingerprint density at radius 2 is 1.91 bits per heavy atom. The summed E-state index contributed by atoms with van der Waals surface area (Å²) in [7, 11) is 0. The Labute approximate surface area is 130 Å². The molecule has 1 amide bonds. The molecule has 0 aromatic heterocycles. The number of hydrogen-bond donors (Lipinski definition) is 3. The third kappa shape index (κ3) is 3.47. The monoisotopic (exact) mass is 305 g/mol. The number of hydrogen-bond acceptors (Lipinski definition) is 3. The summed E-state index contributed by atoms with van der Waals surface area (Å²) < 4.78 is 0. The molecule has 3 N–H and O–H groups in total. The van der Waals surface area contributed by atoms with Crippen LogP contribution < -0.4 is 5.32 Å². The van der Waals surface area contributed by atoms with Gasteiger partial charge in [-0.1, -0.05) is 43.7 Å². The molecule has 120 valence electrons. The van der Waals surface area contributed by atoms with Gasteiger partial charge in [-0.05, 0) is 31.2 Å². The molecule has 0 aliphatic heterocycles. The van der Waals surface area contributed by atoms with E-state index in [-0.39, 0.29) is 5.91 Å². The molecule has 2 rings (SSSR count). The van der Waals surface area contributed by atoms with Crippen LogP contribution in [0.25, 0.3) is 0 Å². The molecular weight excluding hydrogens is 282 g/mol.